The van der Waals surface area contributed by atoms with E-state index in [1.54, 1.807) is 0 Å². The molecule has 1 heterocycles. The molecule has 0 saturated heterocycles. The largest absolute Gasteiger partial charge is 0.322 e. The van der Waals surface area contributed by atoms with Crippen LogP contribution in [0.5, 0.6) is 0 Å². The second-order valence-corrected chi connectivity index (χ2v) is 5.75. The first kappa shape index (κ1) is 15.0. The molecule has 3 N–H and O–H groups in total. The van der Waals surface area contributed by atoms with E-state index in [1.165, 1.54) is 29.2 Å². The van der Waals surface area contributed by atoms with Gasteiger partial charge in [0.2, 0.25) is 5.91 Å². The van der Waals surface area contributed by atoms with Gasteiger partial charge in [0.25, 0.3) is 0 Å². The fraction of sp³-hybridized carbons (Fsp3) is 0.385. The zero-order valence-electron chi connectivity index (χ0n) is 12.0. The van der Waals surface area contributed by atoms with Crippen molar-refractivity contribution in [2.45, 2.75) is 26.8 Å². The standard InChI is InChI=1S/C13H17FN6O/c1-13(2,3)11(15)12(21)17-10-6-8(4-5-9(10)14)20-7-16-18-19-20/h4-7,11H,15H2,1-3H3,(H,17,21)/t11-/m0/s1. The van der Waals surface area contributed by atoms with Crippen molar-refractivity contribution in [1.29, 1.82) is 0 Å². The van der Waals surface area contributed by atoms with Gasteiger partial charge in [-0.25, -0.2) is 9.07 Å². The van der Waals surface area contributed by atoms with Crippen molar-refractivity contribution in [3.05, 3.63) is 30.3 Å². The summed E-state index contributed by atoms with van der Waals surface area (Å²) in [5.41, 5.74) is 5.99. The topological polar surface area (TPSA) is 98.7 Å². The molecule has 0 saturated carbocycles. The second-order valence-electron chi connectivity index (χ2n) is 5.75. The van der Waals surface area contributed by atoms with Gasteiger partial charge in [-0.3, -0.25) is 4.79 Å². The van der Waals surface area contributed by atoms with E-state index in [1.807, 2.05) is 20.8 Å². The SMILES string of the molecule is CC(C)(C)[C@@H](N)C(=O)Nc1cc(-n2cnnn2)ccc1F. The molecule has 21 heavy (non-hydrogen) atoms. The molecule has 0 aliphatic carbocycles. The van der Waals surface area contributed by atoms with Gasteiger partial charge in [0.15, 0.2) is 0 Å². The van der Waals surface area contributed by atoms with Gasteiger partial charge in [-0.05, 0) is 34.0 Å². The van der Waals surface area contributed by atoms with Gasteiger partial charge in [-0.2, -0.15) is 0 Å². The number of anilines is 1. The number of nitrogens with zero attached hydrogens (tertiary/aromatic N) is 4. The molecular formula is C13H17FN6O. The lowest BCUT2D eigenvalue weighted by atomic mass is 9.87. The summed E-state index contributed by atoms with van der Waals surface area (Å²) < 4.78 is 15.2. The first-order valence-electron chi connectivity index (χ1n) is 6.38. The first-order valence-corrected chi connectivity index (χ1v) is 6.38. The molecular weight excluding hydrogens is 275 g/mol. The highest BCUT2D eigenvalue weighted by Gasteiger charge is 2.28. The highest BCUT2D eigenvalue weighted by molar-refractivity contribution is 5.95. The van der Waals surface area contributed by atoms with Gasteiger partial charge in [0.05, 0.1) is 17.4 Å². The molecule has 1 aromatic heterocycles. The Balaban J connectivity index is 2.24. The highest BCUT2D eigenvalue weighted by Crippen LogP contribution is 2.22. The number of hydrogen-bond acceptors (Lipinski definition) is 5. The van der Waals surface area contributed by atoms with Gasteiger partial charge in [0, 0.05) is 0 Å². The Labute approximate surface area is 121 Å². The van der Waals surface area contributed by atoms with Crippen LogP contribution in [0.25, 0.3) is 5.69 Å². The molecule has 0 radical (unpaired) electrons. The van der Waals surface area contributed by atoms with Crippen LogP contribution in [-0.2, 0) is 4.79 Å². The fourth-order valence-corrected chi connectivity index (χ4v) is 1.63. The molecule has 0 aliphatic rings. The Kier molecular flexibility index (Phi) is 3.99. The molecule has 0 bridgehead atoms. The number of halogens is 1. The summed E-state index contributed by atoms with van der Waals surface area (Å²) in [5.74, 6) is -1.00. The highest BCUT2D eigenvalue weighted by atomic mass is 19.1. The van der Waals surface area contributed by atoms with Gasteiger partial charge >= 0.3 is 0 Å². The third-order valence-electron chi connectivity index (χ3n) is 3.04. The molecule has 0 aliphatic heterocycles. The van der Waals surface area contributed by atoms with E-state index in [9.17, 15) is 9.18 Å². The van der Waals surface area contributed by atoms with Crippen LogP contribution < -0.4 is 11.1 Å². The minimum absolute atomic E-state index is 0.0349. The summed E-state index contributed by atoms with van der Waals surface area (Å²) >= 11 is 0. The van der Waals surface area contributed by atoms with Gasteiger partial charge in [-0.1, -0.05) is 20.8 Å². The summed E-state index contributed by atoms with van der Waals surface area (Å²) in [6, 6.07) is 3.42. The summed E-state index contributed by atoms with van der Waals surface area (Å²) in [6.45, 7) is 5.52. The Hall–Kier alpha value is -2.35. The molecule has 0 fully saturated rings. The summed E-state index contributed by atoms with van der Waals surface area (Å²) in [5, 5.41) is 13.2. The van der Waals surface area contributed by atoms with Crippen LogP contribution in [0.2, 0.25) is 0 Å². The maximum absolute atomic E-state index is 13.8. The van der Waals surface area contributed by atoms with Crippen LogP contribution >= 0.6 is 0 Å². The van der Waals surface area contributed by atoms with Gasteiger partial charge < -0.3 is 11.1 Å². The molecule has 1 amide bonds. The van der Waals surface area contributed by atoms with Crippen molar-refractivity contribution in [2.24, 2.45) is 11.1 Å². The number of carbonyl (C=O) groups excluding carboxylic acids is 1. The van der Waals surface area contributed by atoms with Gasteiger partial charge in [0.1, 0.15) is 12.1 Å². The number of amides is 1. The van der Waals surface area contributed by atoms with Crippen molar-refractivity contribution < 1.29 is 9.18 Å². The summed E-state index contributed by atoms with van der Waals surface area (Å²) in [7, 11) is 0. The lowest BCUT2D eigenvalue weighted by Crippen LogP contribution is -2.45. The molecule has 2 aromatic rings. The Morgan fingerprint density at radius 1 is 1.43 bits per heavy atom. The minimum atomic E-state index is -0.756. The predicted octanol–water partition coefficient (Wildman–Crippen LogP) is 1.11. The van der Waals surface area contributed by atoms with E-state index in [-0.39, 0.29) is 5.69 Å². The third-order valence-corrected chi connectivity index (χ3v) is 3.04. The average molecular weight is 292 g/mol. The Bertz CT molecular complexity index is 635. The number of nitrogens with one attached hydrogen (secondary N) is 1. The predicted molar refractivity (Wildman–Crippen MR) is 75.2 cm³/mol. The summed E-state index contributed by atoms with van der Waals surface area (Å²) in [4.78, 5) is 12.1. The first-order chi connectivity index (χ1) is 9.79. The van der Waals surface area contributed by atoms with E-state index in [2.05, 4.69) is 20.8 Å². The molecule has 0 spiro atoms. The smallest absolute Gasteiger partial charge is 0.241 e. The third kappa shape index (κ3) is 3.40. The quantitative estimate of drug-likeness (QED) is 0.883. The van der Waals surface area contributed by atoms with Gasteiger partial charge in [-0.15, -0.1) is 5.10 Å². The fourth-order valence-electron chi connectivity index (χ4n) is 1.63. The van der Waals surface area contributed by atoms with Crippen molar-refractivity contribution >= 4 is 11.6 Å². The van der Waals surface area contributed by atoms with E-state index in [0.29, 0.717) is 5.69 Å². The zero-order chi connectivity index (χ0) is 15.6. The average Bonchev–Trinajstić information content (AvgIpc) is 2.93. The van der Waals surface area contributed by atoms with E-state index in [0.717, 1.165) is 0 Å². The van der Waals surface area contributed by atoms with Crippen molar-refractivity contribution in [1.82, 2.24) is 20.2 Å². The molecule has 7 nitrogen and oxygen atoms in total. The lowest BCUT2D eigenvalue weighted by molar-refractivity contribution is -0.119. The maximum Gasteiger partial charge on any atom is 0.241 e. The monoisotopic (exact) mass is 292 g/mol. The number of benzene rings is 1. The van der Waals surface area contributed by atoms with Crippen molar-refractivity contribution in [3.63, 3.8) is 0 Å². The molecule has 1 aromatic carbocycles. The van der Waals surface area contributed by atoms with E-state index in [4.69, 9.17) is 5.73 Å². The van der Waals surface area contributed by atoms with Crippen LogP contribution in [0, 0.1) is 11.2 Å². The van der Waals surface area contributed by atoms with Crippen LogP contribution in [0.15, 0.2) is 24.5 Å². The number of rotatable bonds is 3. The number of aromatic nitrogens is 4. The second kappa shape index (κ2) is 5.57. The zero-order valence-corrected chi connectivity index (χ0v) is 12.0. The molecule has 0 unspecified atom stereocenters. The Morgan fingerprint density at radius 3 is 2.71 bits per heavy atom. The number of hydrogen-bond donors (Lipinski definition) is 2. The lowest BCUT2D eigenvalue weighted by Gasteiger charge is -2.25. The minimum Gasteiger partial charge on any atom is -0.322 e. The van der Waals surface area contributed by atoms with Crippen LogP contribution in [0.3, 0.4) is 0 Å². The summed E-state index contributed by atoms with van der Waals surface area (Å²) in [6.07, 6.45) is 1.37. The molecule has 112 valence electrons. The van der Waals surface area contributed by atoms with Crippen LogP contribution in [-0.4, -0.2) is 32.2 Å². The van der Waals surface area contributed by atoms with E-state index < -0.39 is 23.2 Å². The Morgan fingerprint density at radius 2 is 2.14 bits per heavy atom. The molecule has 8 heteroatoms. The molecule has 1 atom stereocenters. The van der Waals surface area contributed by atoms with Crippen molar-refractivity contribution in [3.8, 4) is 5.69 Å². The normalized spacial score (nSPS) is 13.0. The number of tetrazole rings is 1. The van der Waals surface area contributed by atoms with E-state index >= 15 is 0 Å². The number of nitrogens with two attached hydrogens (primary N) is 1. The maximum atomic E-state index is 13.8. The van der Waals surface area contributed by atoms with Crippen LogP contribution in [0.1, 0.15) is 20.8 Å². The number of carbonyl (C=O) groups is 1. The van der Waals surface area contributed by atoms with Crippen molar-refractivity contribution in [2.75, 3.05) is 5.32 Å². The molecule has 2 rings (SSSR count). The van der Waals surface area contributed by atoms with Crippen LogP contribution in [0.4, 0.5) is 10.1 Å².